The van der Waals surface area contributed by atoms with Crippen molar-refractivity contribution in [2.75, 3.05) is 36.6 Å². The molecule has 0 unspecified atom stereocenters. The van der Waals surface area contributed by atoms with Crippen LogP contribution < -0.4 is 15.0 Å². The van der Waals surface area contributed by atoms with E-state index >= 15 is 0 Å². The van der Waals surface area contributed by atoms with Crippen molar-refractivity contribution in [2.24, 2.45) is 5.41 Å². The summed E-state index contributed by atoms with van der Waals surface area (Å²) >= 11 is 1.42. The first-order valence-electron chi connectivity index (χ1n) is 15.6. The number of ether oxygens (including phenoxy) is 2. The quantitative estimate of drug-likeness (QED) is 0.139. The molecule has 1 amide bonds. The molecule has 0 saturated heterocycles. The summed E-state index contributed by atoms with van der Waals surface area (Å²) in [6.45, 7) is 4.32. The monoisotopic (exact) mass is 652 g/mol. The zero-order valence-electron chi connectivity index (χ0n) is 26.4. The second-order valence-electron chi connectivity index (χ2n) is 11.6. The molecule has 0 aliphatic carbocycles. The summed E-state index contributed by atoms with van der Waals surface area (Å²) in [5.74, 6) is -0.710. The van der Waals surface area contributed by atoms with Crippen molar-refractivity contribution < 1.29 is 27.5 Å². The van der Waals surface area contributed by atoms with Gasteiger partial charge in [0.2, 0.25) is 0 Å². The van der Waals surface area contributed by atoms with Gasteiger partial charge >= 0.3 is 5.97 Å². The molecule has 4 rings (SSSR count). The summed E-state index contributed by atoms with van der Waals surface area (Å²) in [5, 5.41) is 2.52. The van der Waals surface area contributed by atoms with Crippen LogP contribution in [-0.2, 0) is 30.8 Å². The average Bonchev–Trinajstić information content (AvgIpc) is 3.15. The summed E-state index contributed by atoms with van der Waals surface area (Å²) in [4.78, 5) is 27.8. The molecule has 242 valence electrons. The first-order chi connectivity index (χ1) is 21.7. The van der Waals surface area contributed by atoms with Crippen LogP contribution in [0.25, 0.3) is 0 Å². The minimum Gasteiger partial charge on any atom is -0.483 e. The molecule has 0 fully saturated rings. The summed E-state index contributed by atoms with van der Waals surface area (Å²) in [6.07, 6.45) is 7.44. The number of anilines is 2. The number of unbranched alkanes of at least 4 members (excludes halogenated alkanes) is 2. The summed E-state index contributed by atoms with van der Waals surface area (Å²) < 4.78 is 39.6. The van der Waals surface area contributed by atoms with E-state index in [0.29, 0.717) is 18.0 Å². The van der Waals surface area contributed by atoms with E-state index in [1.165, 1.54) is 11.8 Å². The van der Waals surface area contributed by atoms with E-state index in [4.69, 9.17) is 9.47 Å². The topological polar surface area (TPSA) is 102 Å². The third-order valence-electron chi connectivity index (χ3n) is 8.08. The summed E-state index contributed by atoms with van der Waals surface area (Å²) in [6, 6.07) is 22.7. The molecule has 1 N–H and O–H groups in total. The molecular formula is C35H44N2O6S2. The Kier molecular flexibility index (Phi) is 12.4. The van der Waals surface area contributed by atoms with E-state index in [-0.39, 0.29) is 30.4 Å². The van der Waals surface area contributed by atoms with Crippen molar-refractivity contribution in [1.29, 1.82) is 0 Å². The lowest BCUT2D eigenvalue weighted by Crippen LogP contribution is -2.38. The molecule has 0 aromatic heterocycles. The highest BCUT2D eigenvalue weighted by atomic mass is 32.2. The van der Waals surface area contributed by atoms with Crippen LogP contribution in [-0.4, -0.2) is 52.0 Å². The molecular weight excluding hydrogens is 609 g/mol. The van der Waals surface area contributed by atoms with Gasteiger partial charge in [-0.25, -0.2) is 8.42 Å². The normalized spacial score (nSPS) is 15.0. The second-order valence-corrected chi connectivity index (χ2v) is 14.4. The van der Waals surface area contributed by atoms with Gasteiger partial charge in [-0.1, -0.05) is 88.1 Å². The molecule has 1 aliphatic heterocycles. The lowest BCUT2D eigenvalue weighted by Gasteiger charge is -2.37. The van der Waals surface area contributed by atoms with Gasteiger partial charge in [0.05, 0.1) is 21.2 Å². The Balaban J connectivity index is 1.57. The Morgan fingerprint density at radius 2 is 1.60 bits per heavy atom. The number of esters is 1. The van der Waals surface area contributed by atoms with Crippen LogP contribution >= 0.6 is 11.8 Å². The molecule has 0 spiro atoms. The fourth-order valence-electron chi connectivity index (χ4n) is 5.73. The lowest BCUT2D eigenvalue weighted by molar-refractivity contribution is -0.145. The number of carbonyl (C=O) groups excluding carboxylic acids is 2. The standard InChI is InChI=1S/C35H44N2O6S2/c1-4-6-18-35(19-7-5-2)25-37(28-16-12-9-13-17-28)29-20-31(44-3)30(21-32(29)45(40,41)26-35)42-24-33(38)36-22-34(39)43-23-27-14-10-8-11-15-27/h8-17,20-21H,4-7,18-19,22-26H2,1-3H3,(H,36,38). The summed E-state index contributed by atoms with van der Waals surface area (Å²) in [5.41, 5.74) is 2.00. The van der Waals surface area contributed by atoms with E-state index in [9.17, 15) is 18.0 Å². The number of hydrogen-bond acceptors (Lipinski definition) is 8. The van der Waals surface area contributed by atoms with Crippen molar-refractivity contribution >= 4 is 44.9 Å². The molecule has 1 heterocycles. The van der Waals surface area contributed by atoms with Crippen LogP contribution in [0.2, 0.25) is 0 Å². The van der Waals surface area contributed by atoms with E-state index in [2.05, 4.69) is 24.1 Å². The molecule has 0 radical (unpaired) electrons. The number of thioether (sulfide) groups is 1. The third-order valence-corrected chi connectivity index (χ3v) is 10.8. The predicted octanol–water partition coefficient (Wildman–Crippen LogP) is 6.94. The van der Waals surface area contributed by atoms with Gasteiger partial charge in [0.1, 0.15) is 18.9 Å². The Morgan fingerprint density at radius 3 is 2.22 bits per heavy atom. The number of carbonyl (C=O) groups is 2. The van der Waals surface area contributed by atoms with Crippen molar-refractivity contribution in [3.8, 4) is 5.75 Å². The molecule has 0 bridgehead atoms. The van der Waals surface area contributed by atoms with Gasteiger partial charge in [-0.3, -0.25) is 9.59 Å². The van der Waals surface area contributed by atoms with Gasteiger partial charge in [0.25, 0.3) is 5.91 Å². The third kappa shape index (κ3) is 9.26. The minimum absolute atomic E-state index is 0.0555. The number of benzene rings is 3. The first kappa shape index (κ1) is 34.4. The number of hydrogen-bond donors (Lipinski definition) is 1. The van der Waals surface area contributed by atoms with Crippen molar-refractivity contribution in [3.05, 3.63) is 78.4 Å². The van der Waals surface area contributed by atoms with Crippen LogP contribution in [0.5, 0.6) is 5.75 Å². The zero-order chi connectivity index (χ0) is 32.3. The van der Waals surface area contributed by atoms with Crippen LogP contribution in [0, 0.1) is 5.41 Å². The number of amides is 1. The van der Waals surface area contributed by atoms with Crippen LogP contribution in [0.4, 0.5) is 11.4 Å². The molecule has 45 heavy (non-hydrogen) atoms. The molecule has 0 atom stereocenters. The smallest absolute Gasteiger partial charge is 0.325 e. The van der Waals surface area contributed by atoms with E-state index in [0.717, 1.165) is 54.7 Å². The predicted molar refractivity (Wildman–Crippen MR) is 180 cm³/mol. The highest BCUT2D eigenvalue weighted by Crippen LogP contribution is 2.47. The van der Waals surface area contributed by atoms with Gasteiger partial charge in [0.15, 0.2) is 16.4 Å². The first-order valence-corrected chi connectivity index (χ1v) is 18.4. The molecule has 0 saturated carbocycles. The number of fused-ring (bicyclic) bond motifs is 1. The Hall–Kier alpha value is -3.50. The number of sulfone groups is 1. The number of nitrogens with zero attached hydrogens (tertiary/aromatic N) is 1. The molecule has 10 heteroatoms. The lowest BCUT2D eigenvalue weighted by atomic mass is 9.79. The van der Waals surface area contributed by atoms with E-state index in [1.807, 2.05) is 73.0 Å². The average molecular weight is 653 g/mol. The highest BCUT2D eigenvalue weighted by molar-refractivity contribution is 7.98. The Bertz CT molecular complexity index is 1520. The highest BCUT2D eigenvalue weighted by Gasteiger charge is 2.42. The largest absolute Gasteiger partial charge is 0.483 e. The van der Waals surface area contributed by atoms with Gasteiger partial charge < -0.3 is 19.7 Å². The van der Waals surface area contributed by atoms with Gasteiger partial charge in [-0.2, -0.15) is 0 Å². The van der Waals surface area contributed by atoms with Crippen molar-refractivity contribution in [1.82, 2.24) is 5.32 Å². The van der Waals surface area contributed by atoms with E-state index in [1.54, 1.807) is 6.07 Å². The van der Waals surface area contributed by atoms with Crippen molar-refractivity contribution in [3.63, 3.8) is 0 Å². The Morgan fingerprint density at radius 1 is 0.956 bits per heavy atom. The summed E-state index contributed by atoms with van der Waals surface area (Å²) in [7, 11) is -3.72. The van der Waals surface area contributed by atoms with Crippen LogP contribution in [0.1, 0.15) is 57.9 Å². The number of para-hydroxylation sites is 1. The zero-order valence-corrected chi connectivity index (χ0v) is 28.1. The van der Waals surface area contributed by atoms with Gasteiger partial charge in [-0.15, -0.1) is 11.8 Å². The molecule has 3 aromatic carbocycles. The van der Waals surface area contributed by atoms with E-state index < -0.39 is 27.1 Å². The second kappa shape index (κ2) is 16.2. The maximum Gasteiger partial charge on any atom is 0.325 e. The Labute approximate surface area is 271 Å². The maximum absolute atomic E-state index is 14.2. The molecule has 8 nitrogen and oxygen atoms in total. The number of nitrogens with one attached hydrogen (secondary N) is 1. The minimum atomic E-state index is -3.72. The van der Waals surface area contributed by atoms with Gasteiger partial charge in [0, 0.05) is 23.7 Å². The fourth-order valence-corrected chi connectivity index (χ4v) is 8.40. The fraction of sp³-hybridized carbons (Fsp3) is 0.429. The molecule has 1 aliphatic rings. The SMILES string of the molecule is CCCCC1(CCCC)CN(c2ccccc2)c2cc(SC)c(OCC(=O)NCC(=O)OCc3ccccc3)cc2S(=O)(=O)C1. The number of rotatable bonds is 15. The van der Waals surface area contributed by atoms with Crippen molar-refractivity contribution in [2.45, 2.75) is 68.8 Å². The van der Waals surface area contributed by atoms with Gasteiger partial charge in [-0.05, 0) is 42.9 Å². The van der Waals surface area contributed by atoms with Crippen LogP contribution in [0.15, 0.2) is 82.6 Å². The maximum atomic E-state index is 14.2. The molecule has 3 aromatic rings. The van der Waals surface area contributed by atoms with Crippen LogP contribution in [0.3, 0.4) is 0 Å².